The van der Waals surface area contributed by atoms with Crippen molar-refractivity contribution in [2.24, 2.45) is 0 Å². The topological polar surface area (TPSA) is 52.2 Å². The monoisotopic (exact) mass is 183 g/mol. The number of H-pyrrole nitrogens is 1. The Hall–Kier alpha value is -2.12. The van der Waals surface area contributed by atoms with E-state index in [0.29, 0.717) is 5.49 Å². The van der Waals surface area contributed by atoms with Crippen molar-refractivity contribution in [2.45, 2.75) is 0 Å². The summed E-state index contributed by atoms with van der Waals surface area (Å²) in [5, 5.41) is 0. The van der Waals surface area contributed by atoms with Crippen LogP contribution in [0.25, 0.3) is 16.7 Å². The van der Waals surface area contributed by atoms with Crippen LogP contribution in [0.4, 0.5) is 0 Å². The summed E-state index contributed by atoms with van der Waals surface area (Å²) in [5.41, 5.74) is 11.2. The van der Waals surface area contributed by atoms with Gasteiger partial charge in [0.2, 0.25) is 0 Å². The molecule has 0 aliphatic carbocycles. The van der Waals surface area contributed by atoms with Gasteiger partial charge in [0.15, 0.2) is 0 Å². The SMILES string of the molecule is [N-]=[N+]=c1[nH]cccc1-c1ccccc1. The van der Waals surface area contributed by atoms with E-state index >= 15 is 0 Å². The van der Waals surface area contributed by atoms with Crippen molar-refractivity contribution in [3.05, 3.63) is 59.7 Å². The lowest BCUT2D eigenvalue weighted by atomic mass is 10.1. The molecule has 2 aromatic rings. The fraction of sp³-hybridized carbons (Fsp3) is 0. The predicted octanol–water partition coefficient (Wildman–Crippen LogP) is 1.81. The van der Waals surface area contributed by atoms with Crippen LogP contribution in [0.2, 0.25) is 0 Å². The molecule has 0 saturated carbocycles. The van der Waals surface area contributed by atoms with Gasteiger partial charge >= 0.3 is 5.49 Å². The van der Waals surface area contributed by atoms with Crippen molar-refractivity contribution in [1.82, 2.24) is 4.98 Å². The molecule has 1 N–H and O–H groups in total. The van der Waals surface area contributed by atoms with E-state index in [0.717, 1.165) is 11.1 Å². The zero-order chi connectivity index (χ0) is 9.80. The fourth-order valence-electron chi connectivity index (χ4n) is 1.36. The highest BCUT2D eigenvalue weighted by molar-refractivity contribution is 5.61. The Kier molecular flexibility index (Phi) is 2.26. The van der Waals surface area contributed by atoms with Crippen molar-refractivity contribution < 1.29 is 4.79 Å². The van der Waals surface area contributed by atoms with E-state index in [1.807, 2.05) is 42.5 Å². The summed E-state index contributed by atoms with van der Waals surface area (Å²) in [7, 11) is 0. The molecule has 0 unspecified atom stereocenters. The number of aromatic nitrogens is 1. The summed E-state index contributed by atoms with van der Waals surface area (Å²) >= 11 is 0. The summed E-state index contributed by atoms with van der Waals surface area (Å²) in [4.78, 5) is 6.06. The van der Waals surface area contributed by atoms with Crippen LogP contribution in [-0.2, 0) is 0 Å². The highest BCUT2D eigenvalue weighted by Gasteiger charge is 2.03. The maximum atomic E-state index is 8.77. The molecular formula is C11H9N3. The van der Waals surface area contributed by atoms with E-state index in [2.05, 4.69) is 9.77 Å². The van der Waals surface area contributed by atoms with Crippen LogP contribution < -0.4 is 5.49 Å². The number of hydrogen-bond donors (Lipinski definition) is 1. The fourth-order valence-corrected chi connectivity index (χ4v) is 1.36. The summed E-state index contributed by atoms with van der Waals surface area (Å²) in [6.45, 7) is 0. The standard InChI is InChI=1S/C11H9N3/c12-14-11-10(7-4-8-13-11)9-5-2-1-3-6-9/h1-8,13H. The number of aromatic amines is 1. The first-order valence-corrected chi connectivity index (χ1v) is 4.33. The van der Waals surface area contributed by atoms with Gasteiger partial charge in [0.1, 0.15) is 0 Å². The van der Waals surface area contributed by atoms with Crippen molar-refractivity contribution in [3.63, 3.8) is 0 Å². The van der Waals surface area contributed by atoms with Crippen LogP contribution in [0, 0.1) is 0 Å². The molecule has 2 rings (SSSR count). The molecule has 0 radical (unpaired) electrons. The van der Waals surface area contributed by atoms with Gasteiger partial charge in [-0.2, -0.15) is 0 Å². The normalized spacial score (nSPS) is 9.43. The number of benzene rings is 1. The Morgan fingerprint density at radius 2 is 1.79 bits per heavy atom. The van der Waals surface area contributed by atoms with Crippen LogP contribution in [0.3, 0.4) is 0 Å². The van der Waals surface area contributed by atoms with Crippen molar-refractivity contribution in [2.75, 3.05) is 0 Å². The van der Waals surface area contributed by atoms with Gasteiger partial charge in [-0.25, -0.2) is 4.98 Å². The second-order valence-electron chi connectivity index (χ2n) is 2.90. The minimum Gasteiger partial charge on any atom is -0.497 e. The molecule has 0 bridgehead atoms. The maximum absolute atomic E-state index is 8.77. The Labute approximate surface area is 81.3 Å². The average Bonchev–Trinajstić information content (AvgIpc) is 2.30. The average molecular weight is 183 g/mol. The molecule has 3 heteroatoms. The molecule has 0 fully saturated rings. The van der Waals surface area contributed by atoms with Gasteiger partial charge < -0.3 is 10.3 Å². The minimum absolute atomic E-state index is 0.471. The van der Waals surface area contributed by atoms with Gasteiger partial charge in [-0.3, -0.25) is 0 Å². The highest BCUT2D eigenvalue weighted by atomic mass is 14.9. The predicted molar refractivity (Wildman–Crippen MR) is 53.0 cm³/mol. The first-order chi connectivity index (χ1) is 6.92. The quantitative estimate of drug-likeness (QED) is 0.518. The number of pyridine rings is 1. The molecule has 0 aliphatic rings. The van der Waals surface area contributed by atoms with Crippen molar-refractivity contribution in [1.29, 1.82) is 0 Å². The molecule has 3 nitrogen and oxygen atoms in total. The molecule has 0 amide bonds. The second kappa shape index (κ2) is 3.73. The molecule has 0 saturated heterocycles. The van der Waals surface area contributed by atoms with Crippen LogP contribution in [-0.4, -0.2) is 9.77 Å². The first kappa shape index (κ1) is 8.48. The van der Waals surface area contributed by atoms with Gasteiger partial charge in [0.25, 0.3) is 0 Å². The van der Waals surface area contributed by atoms with Crippen LogP contribution in [0.1, 0.15) is 0 Å². The lowest BCUT2D eigenvalue weighted by molar-refractivity contribution is -0.0709. The number of nitrogens with one attached hydrogen (secondary N) is 1. The van der Waals surface area contributed by atoms with E-state index in [1.165, 1.54) is 0 Å². The van der Waals surface area contributed by atoms with Gasteiger partial charge in [-0.1, -0.05) is 30.3 Å². The molecule has 0 spiro atoms. The van der Waals surface area contributed by atoms with Crippen LogP contribution in [0.15, 0.2) is 48.7 Å². The highest BCUT2D eigenvalue weighted by Crippen LogP contribution is 2.12. The van der Waals surface area contributed by atoms with Crippen LogP contribution >= 0.6 is 0 Å². The lowest BCUT2D eigenvalue weighted by Gasteiger charge is -1.95. The Balaban J connectivity index is 2.70. The van der Waals surface area contributed by atoms with E-state index in [4.69, 9.17) is 5.53 Å². The Morgan fingerprint density at radius 1 is 1.00 bits per heavy atom. The van der Waals surface area contributed by atoms with Crippen LogP contribution in [0.5, 0.6) is 0 Å². The zero-order valence-electron chi connectivity index (χ0n) is 7.51. The first-order valence-electron chi connectivity index (χ1n) is 4.33. The largest absolute Gasteiger partial charge is 0.497 e. The van der Waals surface area contributed by atoms with Crippen molar-refractivity contribution in [3.8, 4) is 11.1 Å². The number of hydrogen-bond acceptors (Lipinski definition) is 0. The molecule has 1 aromatic carbocycles. The van der Waals surface area contributed by atoms with Gasteiger partial charge in [0, 0.05) is 0 Å². The number of nitrogens with zero attached hydrogens (tertiary/aromatic N) is 2. The Bertz CT molecular complexity index is 507. The third kappa shape index (κ3) is 1.49. The third-order valence-corrected chi connectivity index (χ3v) is 2.02. The van der Waals surface area contributed by atoms with E-state index in [9.17, 15) is 0 Å². The number of rotatable bonds is 1. The van der Waals surface area contributed by atoms with Gasteiger partial charge in [-0.15, -0.1) is 0 Å². The van der Waals surface area contributed by atoms with E-state index < -0.39 is 0 Å². The summed E-state index contributed by atoms with van der Waals surface area (Å²) in [5.74, 6) is 0. The smallest absolute Gasteiger partial charge is 0.364 e. The summed E-state index contributed by atoms with van der Waals surface area (Å²) in [6.07, 6.45) is 1.72. The molecule has 0 atom stereocenters. The minimum atomic E-state index is 0.471. The molecule has 1 aromatic heterocycles. The zero-order valence-corrected chi connectivity index (χ0v) is 7.51. The summed E-state index contributed by atoms with van der Waals surface area (Å²) < 4.78 is 0. The molecular weight excluding hydrogens is 174 g/mol. The second-order valence-corrected chi connectivity index (χ2v) is 2.90. The summed E-state index contributed by atoms with van der Waals surface area (Å²) in [6, 6.07) is 13.6. The van der Waals surface area contributed by atoms with Crippen molar-refractivity contribution >= 4 is 0 Å². The Morgan fingerprint density at radius 3 is 2.50 bits per heavy atom. The van der Waals surface area contributed by atoms with Gasteiger partial charge in [0.05, 0.1) is 11.8 Å². The third-order valence-electron chi connectivity index (χ3n) is 2.02. The molecule has 68 valence electrons. The van der Waals surface area contributed by atoms with E-state index in [-0.39, 0.29) is 0 Å². The lowest BCUT2D eigenvalue weighted by Crippen LogP contribution is -2.10. The van der Waals surface area contributed by atoms with Gasteiger partial charge in [-0.05, 0) is 17.7 Å². The molecule has 1 heterocycles. The molecule has 0 aliphatic heterocycles. The maximum Gasteiger partial charge on any atom is 0.364 e. The molecule has 14 heavy (non-hydrogen) atoms. The van der Waals surface area contributed by atoms with E-state index in [1.54, 1.807) is 6.20 Å².